The van der Waals surface area contributed by atoms with E-state index in [0.29, 0.717) is 30.5 Å². The highest BCUT2D eigenvalue weighted by molar-refractivity contribution is 7.90. The number of piperidine rings is 1. The molecular formula is C23H36F3N3O3S. The molecule has 1 atom stereocenters. The third-order valence-corrected chi connectivity index (χ3v) is 8.07. The summed E-state index contributed by atoms with van der Waals surface area (Å²) in [5, 5.41) is 9.52. The second-order valence-corrected chi connectivity index (χ2v) is 11.8. The number of alkyl halides is 3. The Bertz CT molecular complexity index is 900. The lowest BCUT2D eigenvalue weighted by atomic mass is 9.92. The Hall–Kier alpha value is -1.36. The summed E-state index contributed by atoms with van der Waals surface area (Å²) in [7, 11) is -3.45. The summed E-state index contributed by atoms with van der Waals surface area (Å²) in [6.07, 6.45) is -1.43. The van der Waals surface area contributed by atoms with Crippen molar-refractivity contribution in [2.45, 2.75) is 50.4 Å². The second kappa shape index (κ2) is 10.5. The number of piperazine rings is 1. The van der Waals surface area contributed by atoms with Gasteiger partial charge in [0.2, 0.25) is 0 Å². The van der Waals surface area contributed by atoms with Crippen molar-refractivity contribution in [2.75, 3.05) is 57.0 Å². The van der Waals surface area contributed by atoms with Crippen LogP contribution in [-0.4, -0.2) is 87.6 Å². The quantitative estimate of drug-likeness (QED) is 0.633. The molecule has 33 heavy (non-hydrogen) atoms. The van der Waals surface area contributed by atoms with E-state index >= 15 is 0 Å². The van der Waals surface area contributed by atoms with Crippen molar-refractivity contribution in [3.63, 3.8) is 0 Å². The largest absolute Gasteiger partial charge is 0.401 e. The van der Waals surface area contributed by atoms with Gasteiger partial charge in [0.15, 0.2) is 9.84 Å². The van der Waals surface area contributed by atoms with Crippen LogP contribution >= 0.6 is 0 Å². The zero-order chi connectivity index (χ0) is 24.4. The van der Waals surface area contributed by atoms with Crippen LogP contribution in [0.3, 0.4) is 0 Å². The molecule has 0 amide bonds. The molecule has 0 unspecified atom stereocenters. The number of hydrogen-bond acceptors (Lipinski definition) is 6. The first-order valence-corrected chi connectivity index (χ1v) is 13.5. The SMILES string of the molecule is CC(C)[C@H]1CN(c2ccc(CO)c(S(C)(=O)=O)c2)CCN1CC1CCN(CC(F)(F)F)CC1. The van der Waals surface area contributed by atoms with Crippen LogP contribution in [0.4, 0.5) is 18.9 Å². The third-order valence-electron chi connectivity index (χ3n) is 6.89. The molecule has 0 saturated carbocycles. The van der Waals surface area contributed by atoms with E-state index in [4.69, 9.17) is 0 Å². The summed E-state index contributed by atoms with van der Waals surface area (Å²) in [6, 6.07) is 5.47. The highest BCUT2D eigenvalue weighted by Crippen LogP contribution is 2.29. The van der Waals surface area contributed by atoms with Gasteiger partial charge < -0.3 is 10.0 Å². The minimum Gasteiger partial charge on any atom is -0.392 e. The summed E-state index contributed by atoms with van der Waals surface area (Å²) in [5.74, 6) is 0.771. The molecule has 3 rings (SSSR count). The lowest BCUT2D eigenvalue weighted by Gasteiger charge is -2.46. The molecule has 1 N–H and O–H groups in total. The highest BCUT2D eigenvalue weighted by Gasteiger charge is 2.35. The minimum atomic E-state index is -4.14. The van der Waals surface area contributed by atoms with Gasteiger partial charge in [-0.15, -0.1) is 0 Å². The van der Waals surface area contributed by atoms with Crippen molar-refractivity contribution in [3.8, 4) is 0 Å². The molecule has 2 aliphatic rings. The zero-order valence-corrected chi connectivity index (χ0v) is 20.5. The first-order chi connectivity index (χ1) is 15.4. The monoisotopic (exact) mass is 491 g/mol. The van der Waals surface area contributed by atoms with E-state index in [1.165, 1.54) is 4.90 Å². The maximum atomic E-state index is 12.7. The second-order valence-electron chi connectivity index (χ2n) is 9.81. The lowest BCUT2D eigenvalue weighted by molar-refractivity contribution is -0.148. The molecule has 1 aromatic rings. The van der Waals surface area contributed by atoms with Crippen LogP contribution in [0.15, 0.2) is 23.1 Å². The van der Waals surface area contributed by atoms with Crippen molar-refractivity contribution < 1.29 is 26.7 Å². The molecule has 2 saturated heterocycles. The van der Waals surface area contributed by atoms with E-state index in [0.717, 1.165) is 51.0 Å². The first kappa shape index (κ1) is 26.2. The predicted molar refractivity (Wildman–Crippen MR) is 123 cm³/mol. The number of rotatable bonds is 7. The summed E-state index contributed by atoms with van der Waals surface area (Å²) >= 11 is 0. The Balaban J connectivity index is 1.65. The van der Waals surface area contributed by atoms with Gasteiger partial charge in [0.25, 0.3) is 0 Å². The lowest BCUT2D eigenvalue weighted by Crippen LogP contribution is -2.57. The van der Waals surface area contributed by atoms with Crippen molar-refractivity contribution in [1.82, 2.24) is 9.80 Å². The molecule has 0 aromatic heterocycles. The smallest absolute Gasteiger partial charge is 0.392 e. The average molecular weight is 492 g/mol. The van der Waals surface area contributed by atoms with Gasteiger partial charge in [-0.25, -0.2) is 8.42 Å². The van der Waals surface area contributed by atoms with Gasteiger partial charge in [-0.2, -0.15) is 13.2 Å². The number of nitrogens with zero attached hydrogens (tertiary/aromatic N) is 3. The average Bonchev–Trinajstić information content (AvgIpc) is 2.73. The van der Waals surface area contributed by atoms with Crippen LogP contribution in [0.5, 0.6) is 0 Å². The molecule has 2 aliphatic heterocycles. The fourth-order valence-electron chi connectivity index (χ4n) is 5.07. The maximum absolute atomic E-state index is 12.7. The molecule has 2 heterocycles. The van der Waals surface area contributed by atoms with Gasteiger partial charge in [0.05, 0.1) is 18.0 Å². The molecular weight excluding hydrogens is 455 g/mol. The fourth-order valence-corrected chi connectivity index (χ4v) is 6.01. The van der Waals surface area contributed by atoms with Gasteiger partial charge in [-0.3, -0.25) is 9.80 Å². The van der Waals surface area contributed by atoms with Crippen molar-refractivity contribution >= 4 is 15.5 Å². The molecule has 0 radical (unpaired) electrons. The molecule has 6 nitrogen and oxygen atoms in total. The van der Waals surface area contributed by atoms with Gasteiger partial charge in [0.1, 0.15) is 0 Å². The van der Waals surface area contributed by atoms with Gasteiger partial charge in [-0.1, -0.05) is 19.9 Å². The van der Waals surface area contributed by atoms with Crippen LogP contribution in [0.2, 0.25) is 0 Å². The number of hydrogen-bond donors (Lipinski definition) is 1. The number of aliphatic hydroxyl groups is 1. The third kappa shape index (κ3) is 7.07. The Morgan fingerprint density at radius 2 is 1.79 bits per heavy atom. The van der Waals surface area contributed by atoms with Crippen LogP contribution in [0, 0.1) is 11.8 Å². The van der Waals surface area contributed by atoms with Crippen LogP contribution in [0.25, 0.3) is 0 Å². The maximum Gasteiger partial charge on any atom is 0.401 e. The van der Waals surface area contributed by atoms with Crippen LogP contribution in [-0.2, 0) is 16.4 Å². The van der Waals surface area contributed by atoms with E-state index < -0.39 is 22.6 Å². The van der Waals surface area contributed by atoms with Crippen molar-refractivity contribution in [3.05, 3.63) is 23.8 Å². The normalized spacial score (nSPS) is 22.3. The van der Waals surface area contributed by atoms with E-state index in [-0.39, 0.29) is 17.5 Å². The number of benzene rings is 1. The van der Waals surface area contributed by atoms with Crippen LogP contribution < -0.4 is 4.90 Å². The number of aliphatic hydroxyl groups excluding tert-OH is 1. The Labute approximate surface area is 195 Å². The molecule has 0 spiro atoms. The molecule has 10 heteroatoms. The van der Waals surface area contributed by atoms with Crippen LogP contribution in [0.1, 0.15) is 32.3 Å². The molecule has 188 valence electrons. The highest BCUT2D eigenvalue weighted by atomic mass is 32.2. The van der Waals surface area contributed by atoms with Gasteiger partial charge in [0, 0.05) is 44.2 Å². The molecule has 1 aromatic carbocycles. The van der Waals surface area contributed by atoms with Crippen molar-refractivity contribution in [1.29, 1.82) is 0 Å². The standard InChI is InChI=1S/C23H36F3N3O3S/c1-17(2)21-14-28(20-5-4-19(15-30)22(12-20)33(3,31)32)10-11-29(21)13-18-6-8-27(9-7-18)16-23(24,25)26/h4-5,12,17-18,21,30H,6-11,13-16H2,1-3H3/t21-/m1/s1. The Morgan fingerprint density at radius 1 is 1.12 bits per heavy atom. The predicted octanol–water partition coefficient (Wildman–Crippen LogP) is 3.00. The fraction of sp³-hybridized carbons (Fsp3) is 0.739. The summed E-state index contributed by atoms with van der Waals surface area (Å²) in [5.41, 5.74) is 1.23. The van der Waals surface area contributed by atoms with E-state index in [1.54, 1.807) is 12.1 Å². The molecule has 0 bridgehead atoms. The van der Waals surface area contributed by atoms with Gasteiger partial charge in [-0.05, 0) is 55.5 Å². The number of sulfone groups is 1. The van der Waals surface area contributed by atoms with E-state index in [1.807, 2.05) is 6.07 Å². The van der Waals surface area contributed by atoms with E-state index in [2.05, 4.69) is 23.6 Å². The number of halogens is 3. The first-order valence-electron chi connectivity index (χ1n) is 11.6. The summed E-state index contributed by atoms with van der Waals surface area (Å²) in [4.78, 5) is 6.33. The Kier molecular flexibility index (Phi) is 8.35. The van der Waals surface area contributed by atoms with E-state index in [9.17, 15) is 26.7 Å². The number of likely N-dealkylation sites (tertiary alicyclic amines) is 1. The number of anilines is 1. The molecule has 2 fully saturated rings. The van der Waals surface area contributed by atoms with Crippen molar-refractivity contribution in [2.24, 2.45) is 11.8 Å². The minimum absolute atomic E-state index is 0.164. The molecule has 0 aliphatic carbocycles. The topological polar surface area (TPSA) is 64.1 Å². The van der Waals surface area contributed by atoms with Gasteiger partial charge >= 0.3 is 6.18 Å². The summed E-state index contributed by atoms with van der Waals surface area (Å²) < 4.78 is 62.4. The summed E-state index contributed by atoms with van der Waals surface area (Å²) in [6.45, 7) is 7.38. The Morgan fingerprint density at radius 3 is 2.33 bits per heavy atom. The zero-order valence-electron chi connectivity index (χ0n) is 19.7.